The smallest absolute Gasteiger partial charge is 0.255 e. The third-order valence-electron chi connectivity index (χ3n) is 3.01. The molecular weight excluding hydrogens is 250 g/mol. The first-order valence-corrected chi connectivity index (χ1v) is 6.21. The lowest BCUT2D eigenvalue weighted by atomic mass is 10.1. The zero-order chi connectivity index (χ0) is 14.5. The number of carbonyl (C=O) groups is 1. The summed E-state index contributed by atoms with van der Waals surface area (Å²) >= 11 is 0. The fourth-order valence-electron chi connectivity index (χ4n) is 1.98. The molecule has 2 N–H and O–H groups in total. The first-order chi connectivity index (χ1) is 9.61. The van der Waals surface area contributed by atoms with Crippen molar-refractivity contribution in [3.05, 3.63) is 65.2 Å². The molecule has 0 fully saturated rings. The maximum atomic E-state index is 12.3. The molecule has 1 amide bonds. The molecule has 0 atom stereocenters. The molecule has 0 bridgehead atoms. The number of amides is 1. The van der Waals surface area contributed by atoms with Crippen LogP contribution in [0.5, 0.6) is 0 Å². The number of nitrogens with zero attached hydrogens (tertiary/aromatic N) is 2. The second-order valence-corrected chi connectivity index (χ2v) is 4.56. The lowest BCUT2D eigenvalue weighted by Crippen LogP contribution is -2.26. The topological polar surface area (TPSA) is 70.1 Å². The summed E-state index contributed by atoms with van der Waals surface area (Å²) in [6.07, 6.45) is 0. The van der Waals surface area contributed by atoms with Gasteiger partial charge in [-0.2, -0.15) is 5.26 Å². The number of rotatable bonds is 3. The molecule has 0 aromatic heterocycles. The first-order valence-electron chi connectivity index (χ1n) is 6.21. The molecule has 2 aromatic rings. The van der Waals surface area contributed by atoms with Crippen molar-refractivity contribution in [3.8, 4) is 6.07 Å². The number of nitrogen functional groups attached to an aromatic ring is 1. The molecule has 20 heavy (non-hydrogen) atoms. The van der Waals surface area contributed by atoms with Crippen LogP contribution in [0.2, 0.25) is 0 Å². The minimum absolute atomic E-state index is 0.134. The Morgan fingerprint density at radius 2 is 2.00 bits per heavy atom. The van der Waals surface area contributed by atoms with Gasteiger partial charge in [-0.25, -0.2) is 0 Å². The van der Waals surface area contributed by atoms with E-state index in [-0.39, 0.29) is 5.91 Å². The van der Waals surface area contributed by atoms with E-state index in [2.05, 4.69) is 6.07 Å². The molecule has 0 aliphatic rings. The van der Waals surface area contributed by atoms with E-state index in [4.69, 9.17) is 11.0 Å². The van der Waals surface area contributed by atoms with Crippen molar-refractivity contribution in [3.63, 3.8) is 0 Å². The molecule has 0 aliphatic carbocycles. The van der Waals surface area contributed by atoms with E-state index in [9.17, 15) is 4.79 Å². The van der Waals surface area contributed by atoms with Gasteiger partial charge < -0.3 is 10.6 Å². The highest BCUT2D eigenvalue weighted by Crippen LogP contribution is 2.15. The number of carbonyl (C=O) groups excluding carboxylic acids is 1. The summed E-state index contributed by atoms with van der Waals surface area (Å²) in [5, 5.41) is 8.87. The summed E-state index contributed by atoms with van der Waals surface area (Å²) in [6.45, 7) is 0.433. The number of anilines is 1. The van der Waals surface area contributed by atoms with Gasteiger partial charge >= 0.3 is 0 Å². The molecule has 0 heterocycles. The highest BCUT2D eigenvalue weighted by atomic mass is 16.2. The van der Waals surface area contributed by atoms with Crippen LogP contribution in [0, 0.1) is 11.3 Å². The molecule has 0 radical (unpaired) electrons. The van der Waals surface area contributed by atoms with Crippen molar-refractivity contribution < 1.29 is 4.79 Å². The molecule has 0 saturated carbocycles. The molecular formula is C16H15N3O. The highest BCUT2D eigenvalue weighted by molar-refractivity contribution is 5.98. The normalized spacial score (nSPS) is 9.80. The van der Waals surface area contributed by atoms with Crippen molar-refractivity contribution in [2.45, 2.75) is 6.54 Å². The largest absolute Gasteiger partial charge is 0.398 e. The van der Waals surface area contributed by atoms with Crippen LogP contribution < -0.4 is 5.73 Å². The second-order valence-electron chi connectivity index (χ2n) is 4.56. The predicted octanol–water partition coefficient (Wildman–Crippen LogP) is 2.41. The van der Waals surface area contributed by atoms with Crippen molar-refractivity contribution in [2.24, 2.45) is 0 Å². The van der Waals surface area contributed by atoms with Gasteiger partial charge in [0.2, 0.25) is 0 Å². The van der Waals surface area contributed by atoms with Crippen LogP contribution in [0.4, 0.5) is 5.69 Å². The van der Waals surface area contributed by atoms with Crippen molar-refractivity contribution in [1.29, 1.82) is 5.26 Å². The quantitative estimate of drug-likeness (QED) is 0.866. The summed E-state index contributed by atoms with van der Waals surface area (Å²) in [7, 11) is 1.72. The molecule has 0 spiro atoms. The zero-order valence-corrected chi connectivity index (χ0v) is 11.2. The molecule has 2 aromatic carbocycles. The number of para-hydroxylation sites is 1. The summed E-state index contributed by atoms with van der Waals surface area (Å²) in [5.74, 6) is -0.134. The Balaban J connectivity index is 2.16. The van der Waals surface area contributed by atoms with E-state index in [1.807, 2.05) is 12.1 Å². The lowest BCUT2D eigenvalue weighted by molar-refractivity contribution is 0.0786. The molecule has 0 saturated heterocycles. The zero-order valence-electron chi connectivity index (χ0n) is 11.2. The Morgan fingerprint density at radius 1 is 1.25 bits per heavy atom. The van der Waals surface area contributed by atoms with Gasteiger partial charge in [0.05, 0.1) is 17.2 Å². The summed E-state index contributed by atoms with van der Waals surface area (Å²) in [4.78, 5) is 13.9. The van der Waals surface area contributed by atoms with Crippen LogP contribution in [0.3, 0.4) is 0 Å². The van der Waals surface area contributed by atoms with Gasteiger partial charge in [-0.05, 0) is 29.8 Å². The van der Waals surface area contributed by atoms with Crippen LogP contribution in [-0.4, -0.2) is 17.9 Å². The van der Waals surface area contributed by atoms with Gasteiger partial charge in [-0.1, -0.05) is 24.3 Å². The fourth-order valence-corrected chi connectivity index (χ4v) is 1.98. The predicted molar refractivity (Wildman–Crippen MR) is 77.8 cm³/mol. The van der Waals surface area contributed by atoms with Gasteiger partial charge in [0.1, 0.15) is 0 Å². The average molecular weight is 265 g/mol. The summed E-state index contributed by atoms with van der Waals surface area (Å²) in [5.41, 5.74) is 8.26. The number of hydrogen-bond acceptors (Lipinski definition) is 3. The Hall–Kier alpha value is -2.80. The summed E-state index contributed by atoms with van der Waals surface area (Å²) in [6, 6.07) is 16.3. The molecule has 4 nitrogen and oxygen atoms in total. The van der Waals surface area contributed by atoms with Crippen molar-refractivity contribution in [1.82, 2.24) is 4.90 Å². The van der Waals surface area contributed by atoms with Crippen LogP contribution >= 0.6 is 0 Å². The van der Waals surface area contributed by atoms with Crippen LogP contribution in [-0.2, 0) is 6.54 Å². The SMILES string of the molecule is CN(Cc1cccc(C#N)c1)C(=O)c1ccccc1N. The fraction of sp³-hybridized carbons (Fsp3) is 0.125. The van der Waals surface area contributed by atoms with E-state index in [1.54, 1.807) is 48.3 Å². The Bertz CT molecular complexity index is 673. The average Bonchev–Trinajstić information content (AvgIpc) is 2.47. The number of nitriles is 1. The van der Waals surface area contributed by atoms with Gasteiger partial charge in [0, 0.05) is 19.3 Å². The monoisotopic (exact) mass is 265 g/mol. The Kier molecular flexibility index (Phi) is 4.02. The molecule has 2 rings (SSSR count). The van der Waals surface area contributed by atoms with Gasteiger partial charge in [0.15, 0.2) is 0 Å². The van der Waals surface area contributed by atoms with E-state index in [0.717, 1.165) is 5.56 Å². The van der Waals surface area contributed by atoms with Crippen LogP contribution in [0.25, 0.3) is 0 Å². The van der Waals surface area contributed by atoms with Gasteiger partial charge in [0.25, 0.3) is 5.91 Å². The lowest BCUT2D eigenvalue weighted by Gasteiger charge is -2.18. The number of benzene rings is 2. The van der Waals surface area contributed by atoms with E-state index >= 15 is 0 Å². The van der Waals surface area contributed by atoms with Crippen molar-refractivity contribution in [2.75, 3.05) is 12.8 Å². The maximum absolute atomic E-state index is 12.3. The minimum Gasteiger partial charge on any atom is -0.398 e. The standard InChI is InChI=1S/C16H15N3O/c1-19(11-13-6-4-5-12(9-13)10-17)16(20)14-7-2-3-8-15(14)18/h2-9H,11,18H2,1H3. The Morgan fingerprint density at radius 3 is 2.70 bits per heavy atom. The van der Waals surface area contributed by atoms with Crippen LogP contribution in [0.1, 0.15) is 21.5 Å². The molecule has 0 aliphatic heterocycles. The number of nitrogens with two attached hydrogens (primary N) is 1. The molecule has 0 unspecified atom stereocenters. The maximum Gasteiger partial charge on any atom is 0.255 e. The summed E-state index contributed by atoms with van der Waals surface area (Å²) < 4.78 is 0. The molecule has 100 valence electrons. The highest BCUT2D eigenvalue weighted by Gasteiger charge is 2.14. The van der Waals surface area contributed by atoms with Crippen molar-refractivity contribution >= 4 is 11.6 Å². The third-order valence-corrected chi connectivity index (χ3v) is 3.01. The van der Waals surface area contributed by atoms with Gasteiger partial charge in [-0.3, -0.25) is 4.79 Å². The van der Waals surface area contributed by atoms with E-state index < -0.39 is 0 Å². The first kappa shape index (κ1) is 13.6. The number of hydrogen-bond donors (Lipinski definition) is 1. The van der Waals surface area contributed by atoms with Crippen LogP contribution in [0.15, 0.2) is 48.5 Å². The van der Waals surface area contributed by atoms with E-state index in [0.29, 0.717) is 23.4 Å². The van der Waals surface area contributed by atoms with Gasteiger partial charge in [-0.15, -0.1) is 0 Å². The minimum atomic E-state index is -0.134. The van der Waals surface area contributed by atoms with E-state index in [1.165, 1.54) is 0 Å². The second kappa shape index (κ2) is 5.89. The third kappa shape index (κ3) is 2.96. The molecule has 4 heteroatoms. The Labute approximate surface area is 118 Å².